The molecule has 1 N–H and O–H groups in total. The van der Waals surface area contributed by atoms with Crippen molar-refractivity contribution in [1.29, 1.82) is 0 Å². The van der Waals surface area contributed by atoms with E-state index in [1.165, 1.54) is 0 Å². The number of aliphatic imine (C=N–C) groups is 1. The molecule has 0 radical (unpaired) electrons. The highest BCUT2D eigenvalue weighted by Crippen LogP contribution is 2.02. The third kappa shape index (κ3) is 6.77. The van der Waals surface area contributed by atoms with Crippen LogP contribution in [0, 0.1) is 0 Å². The van der Waals surface area contributed by atoms with Crippen LogP contribution in [0.2, 0.25) is 0 Å². The molecule has 0 aliphatic carbocycles. The number of nitrogens with zero attached hydrogens (tertiary/aromatic N) is 3. The van der Waals surface area contributed by atoms with Crippen molar-refractivity contribution >= 4 is 11.9 Å². The number of amides is 1. The number of methoxy groups -OCH3 is 1. The monoisotopic (exact) mass is 300 g/mol. The molecule has 21 heavy (non-hydrogen) atoms. The fraction of sp³-hybridized carbons (Fsp3) is 0.857. The van der Waals surface area contributed by atoms with Gasteiger partial charge in [0.1, 0.15) is 0 Å². The van der Waals surface area contributed by atoms with Gasteiger partial charge in [-0.05, 0) is 6.92 Å². The van der Waals surface area contributed by atoms with E-state index in [1.54, 1.807) is 14.0 Å². The van der Waals surface area contributed by atoms with Crippen molar-refractivity contribution in [2.45, 2.75) is 13.8 Å². The minimum atomic E-state index is 0.142. The molecule has 1 aliphatic heterocycles. The normalized spacial score (nSPS) is 16.2. The summed E-state index contributed by atoms with van der Waals surface area (Å²) in [5.74, 6) is 1.04. The van der Waals surface area contributed by atoms with E-state index in [9.17, 15) is 4.79 Å². The van der Waals surface area contributed by atoms with E-state index in [2.05, 4.69) is 22.1 Å². The van der Waals surface area contributed by atoms with Crippen molar-refractivity contribution in [3.8, 4) is 0 Å². The second kappa shape index (κ2) is 10.4. The van der Waals surface area contributed by atoms with Gasteiger partial charge >= 0.3 is 0 Å². The van der Waals surface area contributed by atoms with Crippen LogP contribution in [-0.4, -0.2) is 87.9 Å². The topological polar surface area (TPSA) is 66.4 Å². The Hall–Kier alpha value is -1.34. The summed E-state index contributed by atoms with van der Waals surface area (Å²) in [6.45, 7) is 10.1. The highest BCUT2D eigenvalue weighted by atomic mass is 16.5. The van der Waals surface area contributed by atoms with Gasteiger partial charge in [0.15, 0.2) is 5.96 Å². The zero-order valence-corrected chi connectivity index (χ0v) is 13.4. The fourth-order valence-corrected chi connectivity index (χ4v) is 2.12. The maximum atomic E-state index is 11.3. The molecular formula is C14H28N4O3. The minimum absolute atomic E-state index is 0.142. The molecule has 1 saturated heterocycles. The predicted molar refractivity (Wildman–Crippen MR) is 82.5 cm³/mol. The van der Waals surface area contributed by atoms with Gasteiger partial charge in [0, 0.05) is 46.8 Å². The lowest BCUT2D eigenvalue weighted by Gasteiger charge is -2.36. The van der Waals surface area contributed by atoms with Gasteiger partial charge in [-0.1, -0.05) is 0 Å². The summed E-state index contributed by atoms with van der Waals surface area (Å²) in [6, 6.07) is 0. The molecular weight excluding hydrogens is 272 g/mol. The Balaban J connectivity index is 2.36. The summed E-state index contributed by atoms with van der Waals surface area (Å²) in [5, 5.41) is 3.29. The van der Waals surface area contributed by atoms with Crippen LogP contribution >= 0.6 is 0 Å². The smallest absolute Gasteiger partial charge is 0.219 e. The first-order valence-electron chi connectivity index (χ1n) is 7.54. The van der Waals surface area contributed by atoms with E-state index >= 15 is 0 Å². The summed E-state index contributed by atoms with van der Waals surface area (Å²) in [7, 11) is 1.66. The van der Waals surface area contributed by atoms with Gasteiger partial charge in [-0.3, -0.25) is 9.79 Å². The quantitative estimate of drug-likeness (QED) is 0.400. The molecule has 122 valence electrons. The Morgan fingerprint density at radius 2 is 1.81 bits per heavy atom. The van der Waals surface area contributed by atoms with Crippen molar-refractivity contribution < 1.29 is 14.3 Å². The fourth-order valence-electron chi connectivity index (χ4n) is 2.12. The number of piperazine rings is 1. The maximum absolute atomic E-state index is 11.3. The molecule has 0 unspecified atom stereocenters. The number of nitrogens with one attached hydrogen (secondary N) is 1. The standard InChI is InChI=1S/C14H28N4O3/c1-4-15-14(16-5-10-21-12-11-20-3)18-8-6-17(7-9-18)13(2)19/h4-12H2,1-3H3,(H,15,16). The number of hydrogen-bond acceptors (Lipinski definition) is 4. The second-order valence-electron chi connectivity index (χ2n) is 4.83. The van der Waals surface area contributed by atoms with Gasteiger partial charge in [0.25, 0.3) is 0 Å². The minimum Gasteiger partial charge on any atom is -0.382 e. The van der Waals surface area contributed by atoms with E-state index in [0.29, 0.717) is 26.4 Å². The summed E-state index contributed by atoms with van der Waals surface area (Å²) in [6.07, 6.45) is 0. The second-order valence-corrected chi connectivity index (χ2v) is 4.83. The van der Waals surface area contributed by atoms with Crippen molar-refractivity contribution in [2.24, 2.45) is 4.99 Å². The van der Waals surface area contributed by atoms with Crippen LogP contribution in [0.1, 0.15) is 13.8 Å². The highest BCUT2D eigenvalue weighted by Gasteiger charge is 2.20. The van der Waals surface area contributed by atoms with Gasteiger partial charge in [-0.2, -0.15) is 0 Å². The lowest BCUT2D eigenvalue weighted by molar-refractivity contribution is -0.130. The number of carbonyl (C=O) groups is 1. The SMILES string of the molecule is CCNC(=NCCOCCOC)N1CCN(C(C)=O)CC1. The van der Waals surface area contributed by atoms with Gasteiger partial charge in [-0.15, -0.1) is 0 Å². The van der Waals surface area contributed by atoms with Crippen molar-refractivity contribution in [1.82, 2.24) is 15.1 Å². The third-order valence-electron chi connectivity index (χ3n) is 3.29. The molecule has 1 fully saturated rings. The van der Waals surface area contributed by atoms with Crippen LogP contribution in [0.3, 0.4) is 0 Å². The molecule has 1 rings (SSSR count). The summed E-state index contributed by atoms with van der Waals surface area (Å²) in [5.41, 5.74) is 0. The largest absolute Gasteiger partial charge is 0.382 e. The van der Waals surface area contributed by atoms with Crippen molar-refractivity contribution in [3.63, 3.8) is 0 Å². The first-order valence-corrected chi connectivity index (χ1v) is 7.54. The van der Waals surface area contributed by atoms with E-state index in [0.717, 1.165) is 38.7 Å². The molecule has 0 aromatic carbocycles. The molecule has 0 aromatic rings. The summed E-state index contributed by atoms with van der Waals surface area (Å²) in [4.78, 5) is 20.0. The summed E-state index contributed by atoms with van der Waals surface area (Å²) < 4.78 is 10.3. The Morgan fingerprint density at radius 1 is 1.14 bits per heavy atom. The van der Waals surface area contributed by atoms with Gasteiger partial charge in [0.2, 0.25) is 5.91 Å². The van der Waals surface area contributed by atoms with E-state index in [-0.39, 0.29) is 5.91 Å². The summed E-state index contributed by atoms with van der Waals surface area (Å²) >= 11 is 0. The molecule has 1 amide bonds. The first kappa shape index (κ1) is 17.7. The Bertz CT molecular complexity index is 328. The lowest BCUT2D eigenvalue weighted by atomic mass is 10.3. The molecule has 1 aliphatic rings. The molecule has 7 heteroatoms. The number of guanidine groups is 1. The lowest BCUT2D eigenvalue weighted by Crippen LogP contribution is -2.53. The van der Waals surface area contributed by atoms with Crippen LogP contribution in [0.4, 0.5) is 0 Å². The average Bonchev–Trinajstić information content (AvgIpc) is 2.49. The van der Waals surface area contributed by atoms with Crippen LogP contribution in [0.5, 0.6) is 0 Å². The molecule has 0 saturated carbocycles. The van der Waals surface area contributed by atoms with Gasteiger partial charge in [0.05, 0.1) is 26.4 Å². The van der Waals surface area contributed by atoms with Crippen molar-refractivity contribution in [2.75, 3.05) is 66.2 Å². The van der Waals surface area contributed by atoms with Crippen molar-refractivity contribution in [3.05, 3.63) is 0 Å². The Morgan fingerprint density at radius 3 is 2.38 bits per heavy atom. The Kier molecular flexibility index (Phi) is 8.77. The molecule has 0 atom stereocenters. The number of ether oxygens (including phenoxy) is 2. The zero-order valence-electron chi connectivity index (χ0n) is 13.4. The number of carbonyl (C=O) groups excluding carboxylic acids is 1. The van der Waals surface area contributed by atoms with Crippen LogP contribution in [0.25, 0.3) is 0 Å². The third-order valence-corrected chi connectivity index (χ3v) is 3.29. The van der Waals surface area contributed by atoms with Crippen LogP contribution < -0.4 is 5.32 Å². The molecule has 0 spiro atoms. The van der Waals surface area contributed by atoms with Gasteiger partial charge in [-0.25, -0.2) is 0 Å². The highest BCUT2D eigenvalue weighted by molar-refractivity contribution is 5.80. The average molecular weight is 300 g/mol. The van der Waals surface area contributed by atoms with Crippen LogP contribution in [-0.2, 0) is 14.3 Å². The first-order chi connectivity index (χ1) is 10.2. The molecule has 1 heterocycles. The predicted octanol–water partition coefficient (Wildman–Crippen LogP) is -0.221. The van der Waals surface area contributed by atoms with E-state index < -0.39 is 0 Å². The van der Waals surface area contributed by atoms with Gasteiger partial charge < -0.3 is 24.6 Å². The van der Waals surface area contributed by atoms with E-state index in [4.69, 9.17) is 9.47 Å². The molecule has 7 nitrogen and oxygen atoms in total. The van der Waals surface area contributed by atoms with E-state index in [1.807, 2.05) is 4.90 Å². The molecule has 0 aromatic heterocycles. The number of rotatable bonds is 7. The maximum Gasteiger partial charge on any atom is 0.219 e. The number of hydrogen-bond donors (Lipinski definition) is 1. The zero-order chi connectivity index (χ0) is 15.5. The Labute approximate surface area is 127 Å². The van der Waals surface area contributed by atoms with Crippen LogP contribution in [0.15, 0.2) is 4.99 Å². The molecule has 0 bridgehead atoms.